The largest absolute Gasteiger partial charge is 0.344 e. The first-order valence-corrected chi connectivity index (χ1v) is 5.90. The molecule has 0 radical (unpaired) electrons. The first-order valence-electron chi connectivity index (χ1n) is 5.90. The number of halogens is 1. The van der Waals surface area contributed by atoms with Gasteiger partial charge in [0.25, 0.3) is 0 Å². The molecule has 0 fully saturated rings. The Kier molecular flexibility index (Phi) is 3.63. The Balaban J connectivity index is 2.33. The van der Waals surface area contributed by atoms with E-state index in [-0.39, 0.29) is 5.82 Å². The van der Waals surface area contributed by atoms with Crippen LogP contribution in [0.4, 0.5) is 15.8 Å². The van der Waals surface area contributed by atoms with Crippen LogP contribution in [0.25, 0.3) is 0 Å². The second kappa shape index (κ2) is 5.19. The Morgan fingerprint density at radius 2 is 1.78 bits per heavy atom. The lowest BCUT2D eigenvalue weighted by Crippen LogP contribution is -2.11. The number of nitrogens with two attached hydrogens (primary N) is 1. The predicted octanol–water partition coefficient (Wildman–Crippen LogP) is 3.36. The molecule has 2 nitrogen and oxygen atoms in total. The van der Waals surface area contributed by atoms with Crippen molar-refractivity contribution >= 4 is 11.4 Å². The number of anilines is 2. The van der Waals surface area contributed by atoms with Crippen molar-refractivity contribution < 1.29 is 4.39 Å². The Bertz CT molecular complexity index is 535. The fraction of sp³-hybridized carbons (Fsp3) is 0.200. The van der Waals surface area contributed by atoms with Gasteiger partial charge in [0.15, 0.2) is 0 Å². The molecule has 0 aliphatic carbocycles. The third kappa shape index (κ3) is 2.51. The maximum absolute atomic E-state index is 12.9. The summed E-state index contributed by atoms with van der Waals surface area (Å²) in [5.41, 5.74) is 9.94. The predicted molar refractivity (Wildman–Crippen MR) is 73.5 cm³/mol. The number of rotatable bonds is 3. The van der Waals surface area contributed by atoms with E-state index in [1.807, 2.05) is 24.1 Å². The monoisotopic (exact) mass is 244 g/mol. The van der Waals surface area contributed by atoms with Crippen LogP contribution in [0, 0.1) is 12.7 Å². The number of benzene rings is 2. The highest BCUT2D eigenvalue weighted by Gasteiger charge is 2.07. The van der Waals surface area contributed by atoms with Crippen molar-refractivity contribution in [3.05, 3.63) is 59.4 Å². The first kappa shape index (κ1) is 12.6. The van der Waals surface area contributed by atoms with E-state index in [4.69, 9.17) is 5.73 Å². The molecule has 0 heterocycles. The van der Waals surface area contributed by atoms with Gasteiger partial charge in [-0.3, -0.25) is 0 Å². The molecule has 0 aromatic heterocycles. The van der Waals surface area contributed by atoms with Crippen LogP contribution in [0.1, 0.15) is 11.1 Å². The van der Waals surface area contributed by atoms with Gasteiger partial charge < -0.3 is 10.6 Å². The fourth-order valence-electron chi connectivity index (χ4n) is 2.02. The lowest BCUT2D eigenvalue weighted by Gasteiger charge is -2.22. The van der Waals surface area contributed by atoms with Crippen LogP contribution < -0.4 is 10.6 Å². The van der Waals surface area contributed by atoms with Crippen LogP contribution in [0.3, 0.4) is 0 Å². The topological polar surface area (TPSA) is 29.3 Å². The number of nitrogens with zero attached hydrogens (tertiary/aromatic N) is 1. The number of hydrogen-bond acceptors (Lipinski definition) is 2. The van der Waals surface area contributed by atoms with Crippen LogP contribution in [-0.2, 0) is 6.54 Å². The molecule has 0 aliphatic heterocycles. The van der Waals surface area contributed by atoms with E-state index in [0.29, 0.717) is 6.54 Å². The zero-order valence-corrected chi connectivity index (χ0v) is 10.7. The Morgan fingerprint density at radius 1 is 1.11 bits per heavy atom. The summed E-state index contributed by atoms with van der Waals surface area (Å²) in [6, 6.07) is 12.6. The molecular formula is C15H17FN2. The van der Waals surface area contributed by atoms with Crippen LogP contribution in [0.5, 0.6) is 0 Å². The van der Waals surface area contributed by atoms with Gasteiger partial charge in [-0.2, -0.15) is 0 Å². The second-order valence-corrected chi connectivity index (χ2v) is 4.36. The van der Waals surface area contributed by atoms with Gasteiger partial charge in [-0.25, -0.2) is 4.39 Å². The second-order valence-electron chi connectivity index (χ2n) is 4.36. The maximum Gasteiger partial charge on any atom is 0.123 e. The van der Waals surface area contributed by atoms with E-state index >= 15 is 0 Å². The normalized spacial score (nSPS) is 10.4. The molecule has 2 aromatic rings. The van der Waals surface area contributed by atoms with Gasteiger partial charge in [0.2, 0.25) is 0 Å². The van der Waals surface area contributed by atoms with Crippen molar-refractivity contribution in [2.24, 2.45) is 5.73 Å². The molecule has 3 heteroatoms. The third-order valence-corrected chi connectivity index (χ3v) is 3.07. The minimum absolute atomic E-state index is 0.220. The van der Waals surface area contributed by atoms with Crippen molar-refractivity contribution in [1.82, 2.24) is 0 Å². The van der Waals surface area contributed by atoms with Crippen LogP contribution >= 0.6 is 0 Å². The summed E-state index contributed by atoms with van der Waals surface area (Å²) < 4.78 is 12.9. The van der Waals surface area contributed by atoms with Crippen molar-refractivity contribution in [2.75, 3.05) is 11.9 Å². The molecule has 94 valence electrons. The van der Waals surface area contributed by atoms with Crippen LogP contribution in [0.15, 0.2) is 42.5 Å². The molecule has 0 unspecified atom stereocenters. The molecule has 0 amide bonds. The van der Waals surface area contributed by atoms with Gasteiger partial charge >= 0.3 is 0 Å². The highest BCUT2D eigenvalue weighted by molar-refractivity contribution is 5.65. The van der Waals surface area contributed by atoms with E-state index < -0.39 is 0 Å². The summed E-state index contributed by atoms with van der Waals surface area (Å²) in [4.78, 5) is 2.04. The standard InChI is InChI=1S/C15H17FN2/c1-11-9-12(10-17)3-8-15(11)18(2)14-6-4-13(16)5-7-14/h3-9H,10,17H2,1-2H3. The molecule has 0 atom stereocenters. The molecule has 0 spiro atoms. The maximum atomic E-state index is 12.9. The quantitative estimate of drug-likeness (QED) is 0.897. The smallest absolute Gasteiger partial charge is 0.123 e. The minimum atomic E-state index is -0.220. The average Bonchev–Trinajstić information content (AvgIpc) is 2.38. The Labute approximate surface area is 107 Å². The van der Waals surface area contributed by atoms with E-state index in [2.05, 4.69) is 13.0 Å². The third-order valence-electron chi connectivity index (χ3n) is 3.07. The highest BCUT2D eigenvalue weighted by Crippen LogP contribution is 2.27. The number of hydrogen-bond donors (Lipinski definition) is 1. The summed E-state index contributed by atoms with van der Waals surface area (Å²) in [5, 5.41) is 0. The zero-order chi connectivity index (χ0) is 13.1. The van der Waals surface area contributed by atoms with Crippen molar-refractivity contribution in [1.29, 1.82) is 0 Å². The molecule has 0 saturated heterocycles. The average molecular weight is 244 g/mol. The van der Waals surface area contributed by atoms with Crippen molar-refractivity contribution in [3.8, 4) is 0 Å². The van der Waals surface area contributed by atoms with E-state index in [0.717, 1.165) is 22.5 Å². The molecule has 0 saturated carbocycles. The lowest BCUT2D eigenvalue weighted by molar-refractivity contribution is 0.628. The number of aryl methyl sites for hydroxylation is 1. The molecule has 0 aliphatic rings. The Morgan fingerprint density at radius 3 is 2.33 bits per heavy atom. The molecule has 0 bridgehead atoms. The summed E-state index contributed by atoms with van der Waals surface area (Å²) in [5.74, 6) is -0.220. The fourth-order valence-corrected chi connectivity index (χ4v) is 2.02. The summed E-state index contributed by atoms with van der Waals surface area (Å²) in [6.07, 6.45) is 0. The van der Waals surface area contributed by atoms with Crippen molar-refractivity contribution in [2.45, 2.75) is 13.5 Å². The van der Waals surface area contributed by atoms with Gasteiger partial charge in [-0.15, -0.1) is 0 Å². The van der Waals surface area contributed by atoms with Gasteiger partial charge in [-0.05, 0) is 48.4 Å². The van der Waals surface area contributed by atoms with Crippen LogP contribution in [0.2, 0.25) is 0 Å². The van der Waals surface area contributed by atoms with Gasteiger partial charge in [0, 0.05) is 25.0 Å². The van der Waals surface area contributed by atoms with E-state index in [1.54, 1.807) is 12.1 Å². The van der Waals surface area contributed by atoms with E-state index in [9.17, 15) is 4.39 Å². The Hall–Kier alpha value is -1.87. The highest BCUT2D eigenvalue weighted by atomic mass is 19.1. The van der Waals surface area contributed by atoms with E-state index in [1.165, 1.54) is 12.1 Å². The summed E-state index contributed by atoms with van der Waals surface area (Å²) in [6.45, 7) is 2.59. The molecule has 2 rings (SSSR count). The zero-order valence-electron chi connectivity index (χ0n) is 10.7. The van der Waals surface area contributed by atoms with Gasteiger partial charge in [-0.1, -0.05) is 12.1 Å². The minimum Gasteiger partial charge on any atom is -0.344 e. The lowest BCUT2D eigenvalue weighted by atomic mass is 10.1. The first-order chi connectivity index (χ1) is 8.61. The summed E-state index contributed by atoms with van der Waals surface area (Å²) >= 11 is 0. The molecule has 2 N–H and O–H groups in total. The van der Waals surface area contributed by atoms with Crippen LogP contribution in [-0.4, -0.2) is 7.05 Å². The van der Waals surface area contributed by atoms with Gasteiger partial charge in [0.05, 0.1) is 0 Å². The molecule has 2 aromatic carbocycles. The van der Waals surface area contributed by atoms with Gasteiger partial charge in [0.1, 0.15) is 5.82 Å². The SMILES string of the molecule is Cc1cc(CN)ccc1N(C)c1ccc(F)cc1. The summed E-state index contributed by atoms with van der Waals surface area (Å²) in [7, 11) is 1.97. The molecule has 18 heavy (non-hydrogen) atoms. The van der Waals surface area contributed by atoms with Crippen molar-refractivity contribution in [3.63, 3.8) is 0 Å². The molecular weight excluding hydrogens is 227 g/mol.